The lowest BCUT2D eigenvalue weighted by Crippen LogP contribution is -2.01. The maximum absolute atomic E-state index is 5.57. The van der Waals surface area contributed by atoms with E-state index in [1.807, 2.05) is 0 Å². The number of hydrogen-bond acceptors (Lipinski definition) is 2. The molecule has 0 aliphatic heterocycles. The van der Waals surface area contributed by atoms with Crippen LogP contribution in [0.1, 0.15) is 6.92 Å². The Morgan fingerprint density at radius 2 is 2.10 bits per heavy atom. The standard InChI is InChI=1S/C7H8ClNO/c1-6(8)10-7-2-4-9-5-3-7/h2-6H,1H3. The molecule has 10 heavy (non-hydrogen) atoms. The zero-order valence-corrected chi connectivity index (χ0v) is 6.38. The van der Waals surface area contributed by atoms with Crippen LogP contribution in [0.5, 0.6) is 5.75 Å². The van der Waals surface area contributed by atoms with Crippen LogP contribution in [0, 0.1) is 0 Å². The number of aromatic nitrogens is 1. The molecule has 0 radical (unpaired) electrons. The number of pyridine rings is 1. The second-order valence-corrected chi connectivity index (χ2v) is 2.46. The van der Waals surface area contributed by atoms with Crippen molar-refractivity contribution in [1.29, 1.82) is 0 Å². The van der Waals surface area contributed by atoms with E-state index in [4.69, 9.17) is 16.3 Å². The summed E-state index contributed by atoms with van der Waals surface area (Å²) in [6.07, 6.45) is 3.32. The van der Waals surface area contributed by atoms with Crippen molar-refractivity contribution < 1.29 is 4.74 Å². The fourth-order valence-corrected chi connectivity index (χ4v) is 0.707. The van der Waals surface area contributed by atoms with E-state index in [9.17, 15) is 0 Å². The second-order valence-electron chi connectivity index (χ2n) is 1.84. The van der Waals surface area contributed by atoms with Gasteiger partial charge in [-0.3, -0.25) is 4.98 Å². The zero-order chi connectivity index (χ0) is 7.40. The molecule has 3 heteroatoms. The van der Waals surface area contributed by atoms with Crippen LogP contribution in [0.15, 0.2) is 24.5 Å². The molecule has 0 aliphatic rings. The fraction of sp³-hybridized carbons (Fsp3) is 0.286. The first kappa shape index (κ1) is 7.35. The molecule has 0 saturated carbocycles. The molecular weight excluding hydrogens is 150 g/mol. The average molecular weight is 158 g/mol. The number of ether oxygens (including phenoxy) is 1. The number of halogens is 1. The number of rotatable bonds is 2. The van der Waals surface area contributed by atoms with Gasteiger partial charge in [0.2, 0.25) is 0 Å². The monoisotopic (exact) mass is 157 g/mol. The molecule has 2 nitrogen and oxygen atoms in total. The first-order valence-corrected chi connectivity index (χ1v) is 3.43. The molecule has 1 aromatic heterocycles. The summed E-state index contributed by atoms with van der Waals surface area (Å²) in [5.41, 5.74) is -0.289. The van der Waals surface area contributed by atoms with Gasteiger partial charge in [-0.25, -0.2) is 0 Å². The van der Waals surface area contributed by atoms with Gasteiger partial charge in [-0.15, -0.1) is 0 Å². The highest BCUT2D eigenvalue weighted by molar-refractivity contribution is 6.19. The van der Waals surface area contributed by atoms with Crippen molar-refractivity contribution in [3.63, 3.8) is 0 Å². The SMILES string of the molecule is CC(Cl)Oc1ccncc1. The van der Waals surface area contributed by atoms with Crippen molar-refractivity contribution in [2.45, 2.75) is 12.5 Å². The maximum Gasteiger partial charge on any atom is 0.169 e. The zero-order valence-electron chi connectivity index (χ0n) is 5.62. The molecule has 1 unspecified atom stereocenters. The lowest BCUT2D eigenvalue weighted by atomic mass is 10.5. The third kappa shape index (κ3) is 2.23. The van der Waals surface area contributed by atoms with Crippen molar-refractivity contribution in [2.24, 2.45) is 0 Å². The lowest BCUT2D eigenvalue weighted by Gasteiger charge is -2.05. The average Bonchev–Trinajstić information content (AvgIpc) is 1.88. The third-order valence-electron chi connectivity index (χ3n) is 0.948. The highest BCUT2D eigenvalue weighted by atomic mass is 35.5. The Morgan fingerprint density at radius 1 is 1.50 bits per heavy atom. The van der Waals surface area contributed by atoms with E-state index in [0.717, 1.165) is 5.75 Å². The molecule has 1 aromatic rings. The summed E-state index contributed by atoms with van der Waals surface area (Å²) in [5, 5.41) is 0. The van der Waals surface area contributed by atoms with Crippen LogP contribution >= 0.6 is 11.6 Å². The summed E-state index contributed by atoms with van der Waals surface area (Å²) in [4.78, 5) is 3.83. The Labute approximate surface area is 64.8 Å². The van der Waals surface area contributed by atoms with E-state index in [1.54, 1.807) is 31.5 Å². The molecule has 0 aliphatic carbocycles. The van der Waals surface area contributed by atoms with Gasteiger partial charge in [-0.2, -0.15) is 0 Å². The van der Waals surface area contributed by atoms with Crippen LogP contribution in [0.2, 0.25) is 0 Å². The summed E-state index contributed by atoms with van der Waals surface area (Å²) in [6.45, 7) is 1.77. The number of alkyl halides is 1. The van der Waals surface area contributed by atoms with E-state index in [1.165, 1.54) is 0 Å². The minimum atomic E-state index is -0.289. The molecule has 0 fully saturated rings. The highest BCUT2D eigenvalue weighted by Gasteiger charge is 1.95. The Kier molecular flexibility index (Phi) is 2.51. The normalized spacial score (nSPS) is 12.6. The van der Waals surface area contributed by atoms with E-state index in [-0.39, 0.29) is 5.56 Å². The molecule has 1 atom stereocenters. The fourth-order valence-electron chi connectivity index (χ4n) is 0.604. The lowest BCUT2D eigenvalue weighted by molar-refractivity contribution is 0.301. The minimum Gasteiger partial charge on any atom is -0.475 e. The van der Waals surface area contributed by atoms with Gasteiger partial charge >= 0.3 is 0 Å². The van der Waals surface area contributed by atoms with E-state index >= 15 is 0 Å². The topological polar surface area (TPSA) is 22.1 Å². The summed E-state index contributed by atoms with van der Waals surface area (Å²) >= 11 is 5.57. The largest absolute Gasteiger partial charge is 0.475 e. The Morgan fingerprint density at radius 3 is 2.60 bits per heavy atom. The Balaban J connectivity index is 2.59. The van der Waals surface area contributed by atoms with Crippen LogP contribution in [-0.2, 0) is 0 Å². The maximum atomic E-state index is 5.57. The smallest absolute Gasteiger partial charge is 0.169 e. The molecule has 0 aromatic carbocycles. The van der Waals surface area contributed by atoms with Gasteiger partial charge < -0.3 is 4.74 Å². The quantitative estimate of drug-likeness (QED) is 0.613. The van der Waals surface area contributed by atoms with Crippen LogP contribution in [-0.4, -0.2) is 10.5 Å². The van der Waals surface area contributed by atoms with Gasteiger partial charge in [0.25, 0.3) is 0 Å². The van der Waals surface area contributed by atoms with E-state index < -0.39 is 0 Å². The molecular formula is C7H8ClNO. The number of nitrogens with zero attached hydrogens (tertiary/aromatic N) is 1. The van der Waals surface area contributed by atoms with Crippen molar-refractivity contribution in [3.05, 3.63) is 24.5 Å². The third-order valence-corrected chi connectivity index (χ3v) is 1.04. The molecule has 0 saturated heterocycles. The van der Waals surface area contributed by atoms with E-state index in [0.29, 0.717) is 0 Å². The Hall–Kier alpha value is -0.760. The van der Waals surface area contributed by atoms with Gasteiger partial charge in [0, 0.05) is 12.4 Å². The molecule has 54 valence electrons. The highest BCUT2D eigenvalue weighted by Crippen LogP contribution is 2.10. The van der Waals surface area contributed by atoms with Gasteiger partial charge in [-0.1, -0.05) is 11.6 Å². The molecule has 0 bridgehead atoms. The number of hydrogen-bond donors (Lipinski definition) is 0. The molecule has 0 N–H and O–H groups in total. The molecule has 1 rings (SSSR count). The van der Waals surface area contributed by atoms with Crippen LogP contribution < -0.4 is 4.74 Å². The van der Waals surface area contributed by atoms with Crippen molar-refractivity contribution in [3.8, 4) is 5.75 Å². The molecule has 1 heterocycles. The predicted octanol–water partition coefficient (Wildman–Crippen LogP) is 2.05. The summed E-state index contributed by atoms with van der Waals surface area (Å²) in [6, 6.07) is 3.53. The van der Waals surface area contributed by atoms with Crippen LogP contribution in [0.25, 0.3) is 0 Å². The first-order chi connectivity index (χ1) is 4.79. The summed E-state index contributed by atoms with van der Waals surface area (Å²) in [7, 11) is 0. The predicted molar refractivity (Wildman–Crippen MR) is 40.2 cm³/mol. The molecule has 0 spiro atoms. The van der Waals surface area contributed by atoms with E-state index in [2.05, 4.69) is 4.98 Å². The first-order valence-electron chi connectivity index (χ1n) is 3.00. The van der Waals surface area contributed by atoms with Gasteiger partial charge in [0.1, 0.15) is 5.75 Å². The summed E-state index contributed by atoms with van der Waals surface area (Å²) in [5.74, 6) is 0.748. The summed E-state index contributed by atoms with van der Waals surface area (Å²) < 4.78 is 5.14. The van der Waals surface area contributed by atoms with Crippen molar-refractivity contribution >= 4 is 11.6 Å². The van der Waals surface area contributed by atoms with Gasteiger partial charge in [-0.05, 0) is 19.1 Å². The van der Waals surface area contributed by atoms with Crippen molar-refractivity contribution in [2.75, 3.05) is 0 Å². The van der Waals surface area contributed by atoms with Gasteiger partial charge in [0.05, 0.1) is 0 Å². The van der Waals surface area contributed by atoms with Crippen LogP contribution in [0.3, 0.4) is 0 Å². The Bertz CT molecular complexity index is 188. The molecule has 0 amide bonds. The van der Waals surface area contributed by atoms with Crippen molar-refractivity contribution in [1.82, 2.24) is 4.98 Å². The van der Waals surface area contributed by atoms with Crippen LogP contribution in [0.4, 0.5) is 0 Å². The second kappa shape index (κ2) is 3.42. The minimum absolute atomic E-state index is 0.289. The van der Waals surface area contributed by atoms with Gasteiger partial charge in [0.15, 0.2) is 5.56 Å².